The summed E-state index contributed by atoms with van der Waals surface area (Å²) in [6.45, 7) is 3.34. The molecule has 1 aliphatic heterocycles. The fourth-order valence-electron chi connectivity index (χ4n) is 2.46. The van der Waals surface area contributed by atoms with Crippen molar-refractivity contribution in [1.82, 2.24) is 4.90 Å². The van der Waals surface area contributed by atoms with Crippen LogP contribution in [0.3, 0.4) is 0 Å². The van der Waals surface area contributed by atoms with Crippen molar-refractivity contribution in [2.45, 2.75) is 32.2 Å². The Hall–Kier alpha value is -1.78. The summed E-state index contributed by atoms with van der Waals surface area (Å²) >= 11 is 0. The largest absolute Gasteiger partial charge is 0.497 e. The monoisotopic (exact) mass is 280 g/mol. The van der Waals surface area contributed by atoms with E-state index in [1.54, 1.807) is 19.2 Å². The number of nitrogens with one attached hydrogen (secondary N) is 1. The van der Waals surface area contributed by atoms with Gasteiger partial charge in [-0.15, -0.1) is 0 Å². The van der Waals surface area contributed by atoms with Crippen LogP contribution in [-0.4, -0.2) is 37.0 Å². The van der Waals surface area contributed by atoms with Gasteiger partial charge in [0, 0.05) is 31.6 Å². The first-order valence-electron chi connectivity index (χ1n) is 7.02. The van der Waals surface area contributed by atoms with Crippen molar-refractivity contribution in [3.63, 3.8) is 0 Å². The molecule has 1 aliphatic rings. The number of piperidine rings is 1. The summed E-state index contributed by atoms with van der Waals surface area (Å²) in [6, 6.07) is 4.86. The maximum Gasteiger partial charge on any atom is 0.222 e. The predicted octanol–water partition coefficient (Wildman–Crippen LogP) is 2.65. The van der Waals surface area contributed by atoms with Crippen LogP contribution >= 0.6 is 0 Å². The van der Waals surface area contributed by atoms with E-state index >= 15 is 0 Å². The smallest absolute Gasteiger partial charge is 0.222 e. The standard InChI is InChI=1S/C15H21FN2O2/c1-3-15(19)18-8-6-11(7-9-18)17-14-10-12(20-2)4-5-13(14)16/h4-5,10-11,17H,3,6-9H2,1-2H3. The van der Waals surface area contributed by atoms with E-state index in [0.29, 0.717) is 17.9 Å². The topological polar surface area (TPSA) is 41.6 Å². The molecule has 0 spiro atoms. The van der Waals surface area contributed by atoms with Gasteiger partial charge < -0.3 is 15.0 Å². The molecule has 4 nitrogen and oxygen atoms in total. The highest BCUT2D eigenvalue weighted by Crippen LogP contribution is 2.24. The molecule has 1 fully saturated rings. The number of hydrogen-bond acceptors (Lipinski definition) is 3. The molecule has 0 unspecified atom stereocenters. The number of likely N-dealkylation sites (tertiary alicyclic amines) is 1. The van der Waals surface area contributed by atoms with Crippen molar-refractivity contribution in [1.29, 1.82) is 0 Å². The number of methoxy groups -OCH3 is 1. The molecular formula is C15H21FN2O2. The van der Waals surface area contributed by atoms with Crippen LogP contribution in [0.5, 0.6) is 5.75 Å². The Bertz CT molecular complexity index is 471. The third-order valence-corrected chi connectivity index (χ3v) is 3.68. The minimum atomic E-state index is -0.280. The van der Waals surface area contributed by atoms with Gasteiger partial charge >= 0.3 is 0 Å². The highest BCUT2D eigenvalue weighted by atomic mass is 19.1. The van der Waals surface area contributed by atoms with Gasteiger partial charge in [-0.05, 0) is 25.0 Å². The van der Waals surface area contributed by atoms with Gasteiger partial charge in [0.2, 0.25) is 5.91 Å². The number of benzene rings is 1. The lowest BCUT2D eigenvalue weighted by atomic mass is 10.0. The zero-order valence-corrected chi connectivity index (χ0v) is 12.0. The minimum Gasteiger partial charge on any atom is -0.497 e. The fraction of sp³-hybridized carbons (Fsp3) is 0.533. The number of carbonyl (C=O) groups is 1. The van der Waals surface area contributed by atoms with Crippen LogP contribution in [0.1, 0.15) is 26.2 Å². The molecule has 0 aromatic heterocycles. The Kier molecular flexibility index (Phi) is 4.82. The zero-order valence-electron chi connectivity index (χ0n) is 12.0. The Morgan fingerprint density at radius 3 is 2.75 bits per heavy atom. The van der Waals surface area contributed by atoms with Gasteiger partial charge in [-0.25, -0.2) is 4.39 Å². The number of nitrogens with zero attached hydrogens (tertiary/aromatic N) is 1. The number of carbonyl (C=O) groups excluding carboxylic acids is 1. The molecular weight excluding hydrogens is 259 g/mol. The molecule has 0 bridgehead atoms. The van der Waals surface area contributed by atoms with Crippen LogP contribution in [0.2, 0.25) is 0 Å². The molecule has 2 rings (SSSR count). The van der Waals surface area contributed by atoms with Gasteiger partial charge in [0.25, 0.3) is 0 Å². The average Bonchev–Trinajstić information content (AvgIpc) is 2.49. The van der Waals surface area contributed by atoms with E-state index < -0.39 is 0 Å². The third kappa shape index (κ3) is 3.40. The quantitative estimate of drug-likeness (QED) is 0.922. The number of amides is 1. The molecule has 110 valence electrons. The molecule has 0 aliphatic carbocycles. The van der Waals surface area contributed by atoms with Gasteiger partial charge in [0.1, 0.15) is 11.6 Å². The highest BCUT2D eigenvalue weighted by molar-refractivity contribution is 5.75. The summed E-state index contributed by atoms with van der Waals surface area (Å²) < 4.78 is 18.8. The zero-order chi connectivity index (χ0) is 14.5. The van der Waals surface area contributed by atoms with E-state index in [1.165, 1.54) is 6.07 Å². The SMILES string of the molecule is CCC(=O)N1CCC(Nc2cc(OC)ccc2F)CC1. The Labute approximate surface area is 118 Å². The second-order valence-corrected chi connectivity index (χ2v) is 5.00. The minimum absolute atomic E-state index is 0.191. The van der Waals surface area contributed by atoms with Crippen molar-refractivity contribution in [2.24, 2.45) is 0 Å². The second kappa shape index (κ2) is 6.59. The van der Waals surface area contributed by atoms with Crippen molar-refractivity contribution >= 4 is 11.6 Å². The van der Waals surface area contributed by atoms with E-state index in [-0.39, 0.29) is 17.8 Å². The van der Waals surface area contributed by atoms with Crippen molar-refractivity contribution in [2.75, 3.05) is 25.5 Å². The molecule has 1 N–H and O–H groups in total. The number of anilines is 1. The third-order valence-electron chi connectivity index (χ3n) is 3.68. The van der Waals surface area contributed by atoms with Gasteiger partial charge in [0.05, 0.1) is 12.8 Å². The lowest BCUT2D eigenvalue weighted by Crippen LogP contribution is -2.42. The van der Waals surface area contributed by atoms with Gasteiger partial charge in [-0.1, -0.05) is 6.92 Å². The first-order valence-corrected chi connectivity index (χ1v) is 7.02. The molecule has 5 heteroatoms. The number of rotatable bonds is 4. The van der Waals surface area contributed by atoms with E-state index in [9.17, 15) is 9.18 Å². The first-order chi connectivity index (χ1) is 9.63. The summed E-state index contributed by atoms with van der Waals surface area (Å²) in [6.07, 6.45) is 2.22. The van der Waals surface area contributed by atoms with E-state index in [4.69, 9.17) is 4.74 Å². The van der Waals surface area contributed by atoms with Gasteiger partial charge in [-0.2, -0.15) is 0 Å². The van der Waals surface area contributed by atoms with E-state index in [0.717, 1.165) is 25.9 Å². The second-order valence-electron chi connectivity index (χ2n) is 5.00. The molecule has 1 amide bonds. The molecule has 1 aromatic carbocycles. The van der Waals surface area contributed by atoms with Crippen LogP contribution in [0.15, 0.2) is 18.2 Å². The average molecular weight is 280 g/mol. The van der Waals surface area contributed by atoms with Crippen LogP contribution in [0, 0.1) is 5.82 Å². The molecule has 20 heavy (non-hydrogen) atoms. The molecule has 1 aromatic rings. The van der Waals surface area contributed by atoms with Gasteiger partial charge in [0.15, 0.2) is 0 Å². The fourth-order valence-corrected chi connectivity index (χ4v) is 2.46. The molecule has 1 saturated heterocycles. The lowest BCUT2D eigenvalue weighted by molar-refractivity contribution is -0.131. The number of hydrogen-bond donors (Lipinski definition) is 1. The van der Waals surface area contributed by atoms with E-state index in [1.807, 2.05) is 11.8 Å². The van der Waals surface area contributed by atoms with Crippen molar-refractivity contribution in [3.05, 3.63) is 24.0 Å². The molecule has 1 heterocycles. The maximum atomic E-state index is 13.7. The Balaban J connectivity index is 1.94. The normalized spacial score (nSPS) is 16.1. The summed E-state index contributed by atoms with van der Waals surface area (Å²) in [7, 11) is 1.56. The molecule has 0 atom stereocenters. The number of halogens is 1. The summed E-state index contributed by atoms with van der Waals surface area (Å²) in [5.41, 5.74) is 0.463. The summed E-state index contributed by atoms with van der Waals surface area (Å²) in [5.74, 6) is 0.543. The van der Waals surface area contributed by atoms with E-state index in [2.05, 4.69) is 5.32 Å². The predicted molar refractivity (Wildman–Crippen MR) is 76.5 cm³/mol. The van der Waals surface area contributed by atoms with Crippen LogP contribution in [0.4, 0.5) is 10.1 Å². The Morgan fingerprint density at radius 1 is 1.45 bits per heavy atom. The first kappa shape index (κ1) is 14.6. The van der Waals surface area contributed by atoms with Crippen molar-refractivity contribution in [3.8, 4) is 5.75 Å². The lowest BCUT2D eigenvalue weighted by Gasteiger charge is -2.32. The molecule has 0 saturated carbocycles. The Morgan fingerprint density at radius 2 is 2.15 bits per heavy atom. The molecule has 0 radical (unpaired) electrons. The number of ether oxygens (including phenoxy) is 1. The van der Waals surface area contributed by atoms with Gasteiger partial charge in [-0.3, -0.25) is 4.79 Å². The highest BCUT2D eigenvalue weighted by Gasteiger charge is 2.22. The maximum absolute atomic E-state index is 13.7. The van der Waals surface area contributed by atoms with Crippen LogP contribution in [-0.2, 0) is 4.79 Å². The van der Waals surface area contributed by atoms with Crippen LogP contribution < -0.4 is 10.1 Å². The summed E-state index contributed by atoms with van der Waals surface area (Å²) in [5, 5.41) is 3.21. The van der Waals surface area contributed by atoms with Crippen LogP contribution in [0.25, 0.3) is 0 Å². The van der Waals surface area contributed by atoms with Crippen molar-refractivity contribution < 1.29 is 13.9 Å². The summed E-state index contributed by atoms with van der Waals surface area (Å²) in [4.78, 5) is 13.5.